The van der Waals surface area contributed by atoms with Crippen molar-refractivity contribution in [1.29, 1.82) is 0 Å². The number of allylic oxidation sites excluding steroid dienone is 1. The molecule has 2 aromatic heterocycles. The Morgan fingerprint density at radius 2 is 2.04 bits per heavy atom. The summed E-state index contributed by atoms with van der Waals surface area (Å²) in [5.74, 6) is 0. The second-order valence-electron chi connectivity index (χ2n) is 7.14. The summed E-state index contributed by atoms with van der Waals surface area (Å²) >= 11 is 0. The van der Waals surface area contributed by atoms with E-state index in [4.69, 9.17) is 0 Å². The van der Waals surface area contributed by atoms with E-state index in [2.05, 4.69) is 71.4 Å². The quantitative estimate of drug-likeness (QED) is 0.628. The molecule has 3 aromatic rings. The van der Waals surface area contributed by atoms with Crippen LogP contribution in [0.5, 0.6) is 0 Å². The van der Waals surface area contributed by atoms with Crippen LogP contribution in [0.3, 0.4) is 0 Å². The molecule has 3 nitrogen and oxygen atoms in total. The van der Waals surface area contributed by atoms with E-state index in [1.807, 2.05) is 18.5 Å². The molecule has 0 saturated carbocycles. The highest BCUT2D eigenvalue weighted by atomic mass is 15.1. The fourth-order valence-corrected chi connectivity index (χ4v) is 3.93. The summed E-state index contributed by atoms with van der Waals surface area (Å²) in [5, 5.41) is 1.38. The minimum atomic E-state index is 0.948. The maximum atomic E-state index is 4.13. The van der Waals surface area contributed by atoms with E-state index in [1.54, 1.807) is 0 Å². The van der Waals surface area contributed by atoms with Gasteiger partial charge in [0.15, 0.2) is 0 Å². The molecule has 132 valence electrons. The first-order valence-electron chi connectivity index (χ1n) is 9.21. The normalized spacial score (nSPS) is 15.2. The number of rotatable bonds is 4. The van der Waals surface area contributed by atoms with Crippen molar-refractivity contribution in [2.24, 2.45) is 0 Å². The number of fused-ring (bicyclic) bond motifs is 3. The van der Waals surface area contributed by atoms with Crippen LogP contribution >= 0.6 is 0 Å². The highest BCUT2D eigenvalue weighted by Crippen LogP contribution is 2.33. The van der Waals surface area contributed by atoms with E-state index in [0.717, 1.165) is 26.1 Å². The van der Waals surface area contributed by atoms with Gasteiger partial charge in [0.05, 0.1) is 5.52 Å². The largest absolute Gasteiger partial charge is 0.320 e. The molecule has 0 spiro atoms. The van der Waals surface area contributed by atoms with Crippen molar-refractivity contribution in [1.82, 2.24) is 14.5 Å². The van der Waals surface area contributed by atoms with Crippen LogP contribution in [0, 0.1) is 6.92 Å². The Balaban J connectivity index is 1.87. The molecule has 0 fully saturated rings. The Morgan fingerprint density at radius 3 is 2.81 bits per heavy atom. The SMILES string of the molecule is C=CCN1CCc2c(c3cc(C)ccc3n2/C=C(\C)c2ccncc2)C1. The summed E-state index contributed by atoms with van der Waals surface area (Å²) in [6.07, 6.45) is 9.06. The molecule has 0 bridgehead atoms. The zero-order chi connectivity index (χ0) is 18.1. The summed E-state index contributed by atoms with van der Waals surface area (Å²) in [6.45, 7) is 11.3. The molecular formula is C23H25N3. The van der Waals surface area contributed by atoms with E-state index in [9.17, 15) is 0 Å². The minimum absolute atomic E-state index is 0.948. The zero-order valence-corrected chi connectivity index (χ0v) is 15.6. The van der Waals surface area contributed by atoms with Crippen LogP contribution in [0.2, 0.25) is 0 Å². The van der Waals surface area contributed by atoms with Gasteiger partial charge in [-0.05, 0) is 54.8 Å². The molecule has 0 radical (unpaired) electrons. The molecule has 1 aromatic carbocycles. The minimum Gasteiger partial charge on any atom is -0.320 e. The molecule has 26 heavy (non-hydrogen) atoms. The van der Waals surface area contributed by atoms with Crippen LogP contribution < -0.4 is 0 Å². The molecule has 3 heterocycles. The molecule has 0 saturated heterocycles. The van der Waals surface area contributed by atoms with Crippen molar-refractivity contribution in [3.05, 3.63) is 77.8 Å². The Morgan fingerprint density at radius 1 is 1.23 bits per heavy atom. The Bertz CT molecular complexity index is 980. The summed E-state index contributed by atoms with van der Waals surface area (Å²) < 4.78 is 2.41. The first kappa shape index (κ1) is 16.8. The number of benzene rings is 1. The lowest BCUT2D eigenvalue weighted by Crippen LogP contribution is -2.30. The molecule has 1 aliphatic heterocycles. The Kier molecular flexibility index (Phi) is 4.48. The highest BCUT2D eigenvalue weighted by Gasteiger charge is 2.23. The van der Waals surface area contributed by atoms with Crippen LogP contribution in [0.4, 0.5) is 0 Å². The van der Waals surface area contributed by atoms with Crippen LogP contribution in [-0.4, -0.2) is 27.5 Å². The lowest BCUT2D eigenvalue weighted by Gasteiger charge is -2.26. The van der Waals surface area contributed by atoms with Gasteiger partial charge in [0.2, 0.25) is 0 Å². The van der Waals surface area contributed by atoms with Gasteiger partial charge in [-0.3, -0.25) is 9.88 Å². The number of hydrogen-bond donors (Lipinski definition) is 0. The number of hydrogen-bond acceptors (Lipinski definition) is 2. The number of nitrogens with zero attached hydrogens (tertiary/aromatic N) is 3. The van der Waals surface area contributed by atoms with Gasteiger partial charge in [0.1, 0.15) is 0 Å². The first-order valence-corrected chi connectivity index (χ1v) is 9.21. The second kappa shape index (κ2) is 6.93. The van der Waals surface area contributed by atoms with Gasteiger partial charge in [-0.1, -0.05) is 17.7 Å². The van der Waals surface area contributed by atoms with Gasteiger partial charge < -0.3 is 4.57 Å². The number of aryl methyl sites for hydroxylation is 1. The van der Waals surface area contributed by atoms with Crippen molar-refractivity contribution >= 4 is 22.7 Å². The molecular weight excluding hydrogens is 318 g/mol. The fraction of sp³-hybridized carbons (Fsp3) is 0.261. The smallest absolute Gasteiger partial charge is 0.0529 e. The summed E-state index contributed by atoms with van der Waals surface area (Å²) in [6, 6.07) is 10.9. The fourth-order valence-electron chi connectivity index (χ4n) is 3.93. The lowest BCUT2D eigenvalue weighted by molar-refractivity contribution is 0.281. The summed E-state index contributed by atoms with van der Waals surface area (Å²) in [7, 11) is 0. The number of pyridine rings is 1. The van der Waals surface area contributed by atoms with E-state index >= 15 is 0 Å². The first-order chi connectivity index (χ1) is 12.7. The zero-order valence-electron chi connectivity index (χ0n) is 15.6. The van der Waals surface area contributed by atoms with Crippen LogP contribution in [0.1, 0.15) is 29.3 Å². The van der Waals surface area contributed by atoms with Crippen LogP contribution in [0.15, 0.2) is 55.4 Å². The van der Waals surface area contributed by atoms with Crippen LogP contribution in [0.25, 0.3) is 22.7 Å². The van der Waals surface area contributed by atoms with Crippen LogP contribution in [-0.2, 0) is 13.0 Å². The van der Waals surface area contributed by atoms with E-state index in [0.29, 0.717) is 0 Å². The van der Waals surface area contributed by atoms with E-state index < -0.39 is 0 Å². The van der Waals surface area contributed by atoms with Gasteiger partial charge in [-0.15, -0.1) is 6.58 Å². The van der Waals surface area contributed by atoms with Crippen molar-refractivity contribution in [2.75, 3.05) is 13.1 Å². The van der Waals surface area contributed by atoms with Gasteiger partial charge in [-0.2, -0.15) is 0 Å². The molecule has 0 unspecified atom stereocenters. The lowest BCUT2D eigenvalue weighted by atomic mass is 10.0. The van der Waals surface area contributed by atoms with Crippen molar-refractivity contribution in [3.63, 3.8) is 0 Å². The molecule has 0 aliphatic carbocycles. The Labute approximate surface area is 155 Å². The molecule has 4 rings (SSSR count). The third-order valence-corrected chi connectivity index (χ3v) is 5.27. The van der Waals surface area contributed by atoms with Gasteiger partial charge in [0, 0.05) is 55.7 Å². The molecule has 0 amide bonds. The molecule has 1 aliphatic rings. The molecule has 0 atom stereocenters. The monoisotopic (exact) mass is 343 g/mol. The predicted molar refractivity (Wildman–Crippen MR) is 110 cm³/mol. The maximum absolute atomic E-state index is 4.13. The highest BCUT2D eigenvalue weighted by molar-refractivity contribution is 5.90. The van der Waals surface area contributed by atoms with Crippen molar-refractivity contribution < 1.29 is 0 Å². The van der Waals surface area contributed by atoms with Crippen molar-refractivity contribution in [3.8, 4) is 0 Å². The van der Waals surface area contributed by atoms with E-state index in [-0.39, 0.29) is 0 Å². The molecule has 0 N–H and O–H groups in total. The van der Waals surface area contributed by atoms with Gasteiger partial charge in [0.25, 0.3) is 0 Å². The van der Waals surface area contributed by atoms with Gasteiger partial charge >= 0.3 is 0 Å². The second-order valence-corrected chi connectivity index (χ2v) is 7.14. The molecule has 3 heteroatoms. The predicted octanol–water partition coefficient (Wildman–Crippen LogP) is 4.91. The van der Waals surface area contributed by atoms with Gasteiger partial charge in [-0.25, -0.2) is 0 Å². The van der Waals surface area contributed by atoms with E-state index in [1.165, 1.54) is 38.9 Å². The number of aromatic nitrogens is 2. The third kappa shape index (κ3) is 2.99. The average Bonchev–Trinajstić information content (AvgIpc) is 2.95. The van der Waals surface area contributed by atoms with Crippen molar-refractivity contribution in [2.45, 2.75) is 26.8 Å². The summed E-state index contributed by atoms with van der Waals surface area (Å²) in [5.41, 5.74) is 7.99. The topological polar surface area (TPSA) is 21.1 Å². The average molecular weight is 343 g/mol. The third-order valence-electron chi connectivity index (χ3n) is 5.27. The summed E-state index contributed by atoms with van der Waals surface area (Å²) in [4.78, 5) is 6.61. The standard InChI is InChI=1S/C23H25N3/c1-4-12-25-13-9-23-21(16-25)20-14-17(2)5-6-22(20)26(23)15-18(3)19-7-10-24-11-8-19/h4-8,10-11,14-15H,1,9,12-13,16H2,2-3H3/b18-15+. The Hall–Kier alpha value is -2.65. The maximum Gasteiger partial charge on any atom is 0.0529 e.